The van der Waals surface area contributed by atoms with Crippen molar-refractivity contribution in [3.63, 3.8) is 0 Å². The highest BCUT2D eigenvalue weighted by Gasteiger charge is 2.49. The van der Waals surface area contributed by atoms with Crippen molar-refractivity contribution in [1.82, 2.24) is 25.1 Å². The van der Waals surface area contributed by atoms with Gasteiger partial charge in [-0.3, -0.25) is 5.10 Å². The normalized spacial score (nSPS) is 20.5. The largest absolute Gasteiger partial charge is 0.444 e. The van der Waals surface area contributed by atoms with Crippen LogP contribution in [0.15, 0.2) is 18.3 Å². The van der Waals surface area contributed by atoms with E-state index in [2.05, 4.69) is 31.5 Å². The van der Waals surface area contributed by atoms with E-state index in [-0.39, 0.29) is 11.5 Å². The first-order valence-corrected chi connectivity index (χ1v) is 11.2. The number of rotatable bonds is 4. The van der Waals surface area contributed by atoms with Crippen LogP contribution in [0.2, 0.25) is 0 Å². The number of ether oxygens (including phenoxy) is 1. The van der Waals surface area contributed by atoms with Crippen LogP contribution >= 0.6 is 0 Å². The van der Waals surface area contributed by atoms with Gasteiger partial charge in [-0.25, -0.2) is 9.78 Å². The maximum atomic E-state index is 12.3. The molecular weight excluding hydrogens is 394 g/mol. The van der Waals surface area contributed by atoms with Crippen LogP contribution in [0.3, 0.4) is 0 Å². The highest BCUT2D eigenvalue weighted by atomic mass is 16.6. The number of nitrogens with one attached hydrogen (secondary N) is 2. The second-order valence-electron chi connectivity index (χ2n) is 10.2. The molecule has 0 atom stereocenters. The van der Waals surface area contributed by atoms with Crippen molar-refractivity contribution in [3.8, 4) is 0 Å². The van der Waals surface area contributed by atoms with Crippen molar-refractivity contribution in [2.75, 3.05) is 36.4 Å². The van der Waals surface area contributed by atoms with Crippen LogP contribution in [0, 0.1) is 5.41 Å². The molecule has 1 amide bonds. The van der Waals surface area contributed by atoms with Gasteiger partial charge in [0.25, 0.3) is 0 Å². The molecule has 0 bridgehead atoms. The number of hydrogen-bond donors (Lipinski definition) is 2. The van der Waals surface area contributed by atoms with Gasteiger partial charge in [0.05, 0.1) is 0 Å². The number of carbonyl (C=O) groups is 1. The van der Waals surface area contributed by atoms with E-state index in [0.717, 1.165) is 56.6 Å². The zero-order valence-corrected chi connectivity index (χ0v) is 18.5. The summed E-state index contributed by atoms with van der Waals surface area (Å²) in [5.41, 5.74) is 0.825. The van der Waals surface area contributed by atoms with Crippen LogP contribution in [0.5, 0.6) is 0 Å². The Labute approximate surface area is 182 Å². The number of aromatic amines is 1. The molecule has 1 saturated carbocycles. The molecule has 3 aliphatic rings. The van der Waals surface area contributed by atoms with Crippen LogP contribution < -0.4 is 10.2 Å². The monoisotopic (exact) mass is 425 g/mol. The predicted molar refractivity (Wildman–Crippen MR) is 118 cm³/mol. The third-order valence-corrected chi connectivity index (χ3v) is 6.16. The summed E-state index contributed by atoms with van der Waals surface area (Å²) in [7, 11) is 0. The van der Waals surface area contributed by atoms with E-state index in [9.17, 15) is 4.79 Å². The van der Waals surface area contributed by atoms with Crippen molar-refractivity contribution in [2.24, 2.45) is 5.41 Å². The Morgan fingerprint density at radius 1 is 1.26 bits per heavy atom. The van der Waals surface area contributed by atoms with Gasteiger partial charge < -0.3 is 19.9 Å². The minimum Gasteiger partial charge on any atom is -0.444 e. The van der Waals surface area contributed by atoms with Gasteiger partial charge in [-0.1, -0.05) is 0 Å². The lowest BCUT2D eigenvalue weighted by atomic mass is 9.73. The molecule has 0 unspecified atom stereocenters. The Balaban J connectivity index is 1.21. The molecular formula is C22H31N7O2. The Bertz CT molecular complexity index is 957. The van der Waals surface area contributed by atoms with Crippen LogP contribution in [0.1, 0.15) is 58.1 Å². The summed E-state index contributed by atoms with van der Waals surface area (Å²) in [6, 6.07) is 3.93. The molecule has 31 heavy (non-hydrogen) atoms. The molecule has 9 nitrogen and oxygen atoms in total. The first kappa shape index (κ1) is 20.1. The molecule has 2 aromatic rings. The average Bonchev–Trinajstić information content (AvgIpc) is 3.44. The third-order valence-electron chi connectivity index (χ3n) is 6.16. The molecule has 1 spiro atoms. The summed E-state index contributed by atoms with van der Waals surface area (Å²) in [6.07, 6.45) is 6.21. The number of anilines is 3. The molecule has 0 radical (unpaired) electrons. The van der Waals surface area contributed by atoms with E-state index in [1.54, 1.807) is 6.20 Å². The summed E-state index contributed by atoms with van der Waals surface area (Å²) >= 11 is 0. The molecule has 2 aliphatic heterocycles. The molecule has 2 N–H and O–H groups in total. The minimum atomic E-state index is -0.465. The van der Waals surface area contributed by atoms with E-state index in [1.807, 2.05) is 31.7 Å². The van der Waals surface area contributed by atoms with Gasteiger partial charge in [-0.15, -0.1) is 0 Å². The molecule has 5 rings (SSSR count). The van der Waals surface area contributed by atoms with Crippen LogP contribution in [-0.4, -0.2) is 62.9 Å². The lowest BCUT2D eigenvalue weighted by Gasteiger charge is -2.54. The number of carbonyl (C=O) groups excluding carboxylic acids is 1. The van der Waals surface area contributed by atoms with E-state index in [0.29, 0.717) is 5.92 Å². The van der Waals surface area contributed by atoms with Crippen LogP contribution in [-0.2, 0) is 4.74 Å². The highest BCUT2D eigenvalue weighted by molar-refractivity contribution is 5.69. The van der Waals surface area contributed by atoms with Gasteiger partial charge in [0.15, 0.2) is 5.82 Å². The van der Waals surface area contributed by atoms with Crippen molar-refractivity contribution >= 4 is 23.7 Å². The van der Waals surface area contributed by atoms with Crippen molar-refractivity contribution in [1.29, 1.82) is 0 Å². The van der Waals surface area contributed by atoms with Crippen molar-refractivity contribution < 1.29 is 9.53 Å². The van der Waals surface area contributed by atoms with Gasteiger partial charge in [0.2, 0.25) is 5.95 Å². The molecule has 166 valence electrons. The third kappa shape index (κ3) is 4.45. The maximum Gasteiger partial charge on any atom is 0.410 e. The fourth-order valence-electron chi connectivity index (χ4n) is 4.56. The number of aromatic nitrogens is 4. The second-order valence-corrected chi connectivity index (χ2v) is 10.2. The molecule has 2 saturated heterocycles. The van der Waals surface area contributed by atoms with Gasteiger partial charge in [-0.2, -0.15) is 10.1 Å². The number of likely N-dealkylation sites (tertiary alicyclic amines) is 1. The van der Waals surface area contributed by atoms with Gasteiger partial charge in [0.1, 0.15) is 11.4 Å². The highest BCUT2D eigenvalue weighted by Crippen LogP contribution is 2.41. The standard InChI is InChI=1S/C22H31N7O2/c1-21(2,3)31-20(30)29-13-22(14-29)8-4-10-28(12-22)19-23-9-7-17(25-19)24-18-11-16(26-27-18)15-5-6-15/h7,9,11,15H,4-6,8,10,12-14H2,1-3H3,(H2,23,24,25,26,27). The van der Waals surface area contributed by atoms with Crippen molar-refractivity contribution in [3.05, 3.63) is 24.0 Å². The van der Waals surface area contributed by atoms with Crippen LogP contribution in [0.4, 0.5) is 22.4 Å². The summed E-state index contributed by atoms with van der Waals surface area (Å²) < 4.78 is 5.51. The van der Waals surface area contributed by atoms with E-state index in [1.165, 1.54) is 18.5 Å². The Hall–Kier alpha value is -2.84. The smallest absolute Gasteiger partial charge is 0.410 e. The van der Waals surface area contributed by atoms with Crippen molar-refractivity contribution in [2.45, 2.75) is 58.0 Å². The lowest BCUT2D eigenvalue weighted by Crippen LogP contribution is -2.65. The molecule has 9 heteroatoms. The molecule has 1 aliphatic carbocycles. The Morgan fingerprint density at radius 3 is 2.81 bits per heavy atom. The molecule has 3 fully saturated rings. The minimum absolute atomic E-state index is 0.101. The number of nitrogens with zero attached hydrogens (tertiary/aromatic N) is 5. The first-order chi connectivity index (χ1) is 14.8. The van der Waals surface area contributed by atoms with Gasteiger partial charge >= 0.3 is 6.09 Å². The fourth-order valence-corrected chi connectivity index (χ4v) is 4.56. The lowest BCUT2D eigenvalue weighted by molar-refractivity contribution is -0.0391. The quantitative estimate of drug-likeness (QED) is 0.771. The van der Waals surface area contributed by atoms with E-state index >= 15 is 0 Å². The van der Waals surface area contributed by atoms with Gasteiger partial charge in [0, 0.05) is 55.5 Å². The zero-order chi connectivity index (χ0) is 21.6. The summed E-state index contributed by atoms with van der Waals surface area (Å²) in [5.74, 6) is 2.88. The second kappa shape index (κ2) is 7.39. The molecule has 2 aromatic heterocycles. The molecule has 0 aromatic carbocycles. The maximum absolute atomic E-state index is 12.3. The number of hydrogen-bond acceptors (Lipinski definition) is 7. The average molecular weight is 426 g/mol. The Kier molecular flexibility index (Phi) is 4.79. The SMILES string of the molecule is CC(C)(C)OC(=O)N1CC2(CCCN(c3nccc(Nc4cc(C5CC5)[nH]n4)n3)C2)C1. The summed E-state index contributed by atoms with van der Waals surface area (Å²) in [5, 5.41) is 10.8. The number of amides is 1. The summed E-state index contributed by atoms with van der Waals surface area (Å²) in [6.45, 7) is 8.93. The topological polar surface area (TPSA) is 99.3 Å². The number of piperidine rings is 1. The fraction of sp³-hybridized carbons (Fsp3) is 0.636. The van der Waals surface area contributed by atoms with E-state index in [4.69, 9.17) is 9.72 Å². The molecule has 4 heterocycles. The van der Waals surface area contributed by atoms with Crippen LogP contribution in [0.25, 0.3) is 0 Å². The Morgan fingerprint density at radius 2 is 2.06 bits per heavy atom. The van der Waals surface area contributed by atoms with E-state index < -0.39 is 5.60 Å². The summed E-state index contributed by atoms with van der Waals surface area (Å²) in [4.78, 5) is 25.6. The van der Waals surface area contributed by atoms with Gasteiger partial charge in [-0.05, 0) is 52.5 Å². The first-order valence-electron chi connectivity index (χ1n) is 11.2. The predicted octanol–water partition coefficient (Wildman–Crippen LogP) is 3.66. The zero-order valence-electron chi connectivity index (χ0n) is 18.5. The number of H-pyrrole nitrogens is 1.